The molecule has 0 unspecified atom stereocenters. The number of halogens is 2. The Labute approximate surface area is 223 Å². The molecule has 0 fully saturated rings. The lowest BCUT2D eigenvalue weighted by molar-refractivity contribution is -0.139. The van der Waals surface area contributed by atoms with Gasteiger partial charge in [-0.15, -0.1) is 12.3 Å². The minimum Gasteiger partial charge on any atom is -0.480 e. The van der Waals surface area contributed by atoms with Crippen LogP contribution < -0.4 is 21.3 Å². The molecule has 1 heterocycles. The van der Waals surface area contributed by atoms with Gasteiger partial charge in [-0.25, -0.2) is 4.79 Å². The number of hydrogen-bond donors (Lipinski definition) is 5. The van der Waals surface area contributed by atoms with E-state index in [4.69, 9.17) is 34.0 Å². The first-order valence-corrected chi connectivity index (χ1v) is 11.9. The van der Waals surface area contributed by atoms with E-state index in [1.165, 1.54) is 30.5 Å². The maximum Gasteiger partial charge on any atom is 0.326 e. The highest BCUT2D eigenvalue weighted by atomic mass is 35.5. The quantitative estimate of drug-likeness (QED) is 0.138. The van der Waals surface area contributed by atoms with Crippen LogP contribution in [0.4, 0.5) is 0 Å². The normalized spacial score (nSPS) is 11.5. The van der Waals surface area contributed by atoms with Crippen molar-refractivity contribution < 1.29 is 28.7 Å². The summed E-state index contributed by atoms with van der Waals surface area (Å²) < 4.78 is 5.11. The topological polar surface area (TPSA) is 150 Å². The van der Waals surface area contributed by atoms with Gasteiger partial charge in [-0.2, -0.15) is 0 Å². The average molecular weight is 549 g/mol. The summed E-state index contributed by atoms with van der Waals surface area (Å²) in [5.74, 6) is 0.156. The number of carbonyl (C=O) groups is 4. The highest BCUT2D eigenvalue weighted by molar-refractivity contribution is 6.39. The van der Waals surface area contributed by atoms with Crippen molar-refractivity contribution in [3.05, 3.63) is 63.5 Å². The molecule has 12 heteroatoms. The van der Waals surface area contributed by atoms with Crippen molar-refractivity contribution in [2.75, 3.05) is 19.6 Å². The summed E-state index contributed by atoms with van der Waals surface area (Å²) in [6.07, 6.45) is 9.83. The number of nitrogens with one attached hydrogen (secondary N) is 4. The van der Waals surface area contributed by atoms with Crippen molar-refractivity contribution in [1.29, 1.82) is 0 Å². The molecule has 3 amide bonds. The second kappa shape index (κ2) is 15.4. The number of carboxylic acids is 1. The average Bonchev–Trinajstić information content (AvgIpc) is 3.37. The van der Waals surface area contributed by atoms with Crippen LogP contribution in [0.1, 0.15) is 34.5 Å². The first kappa shape index (κ1) is 29.5. The molecular weight excluding hydrogens is 523 g/mol. The molecule has 0 radical (unpaired) electrons. The Hall–Kier alpha value is -3.78. The molecule has 5 N–H and O–H groups in total. The van der Waals surface area contributed by atoms with Crippen LogP contribution in [0.5, 0.6) is 0 Å². The fourth-order valence-electron chi connectivity index (χ4n) is 3.01. The second-order valence-corrected chi connectivity index (χ2v) is 8.45. The molecule has 2 aromatic rings. The van der Waals surface area contributed by atoms with Crippen molar-refractivity contribution in [1.82, 2.24) is 21.3 Å². The van der Waals surface area contributed by atoms with Gasteiger partial charge in [0.05, 0.1) is 28.4 Å². The van der Waals surface area contributed by atoms with Gasteiger partial charge >= 0.3 is 5.97 Å². The Balaban J connectivity index is 1.90. The summed E-state index contributed by atoms with van der Waals surface area (Å²) in [5.41, 5.74) is 0.420. The molecule has 0 aliphatic rings. The van der Waals surface area contributed by atoms with E-state index >= 15 is 0 Å². The van der Waals surface area contributed by atoms with Gasteiger partial charge < -0.3 is 30.8 Å². The SMILES string of the molecule is C#CCCNCC(=O)NCC[C@H](NC(=O)c1c(Cl)cc(CNC(=O)/C=C/c2ccco2)cc1Cl)C(=O)O. The van der Waals surface area contributed by atoms with E-state index in [0.717, 1.165) is 0 Å². The maximum atomic E-state index is 12.7. The molecule has 0 aliphatic heterocycles. The maximum absolute atomic E-state index is 12.7. The standard InChI is InChI=1S/C25H26Cl2N4O6/c1-2-3-9-28-15-22(33)29-10-8-20(25(35)36)31-24(34)23-18(26)12-16(13-19(23)27)14-30-21(32)7-6-17-5-4-11-37-17/h1,4-7,11-13,20,28H,3,8-10,14-15H2,(H,29,33)(H,30,32)(H,31,34)(H,35,36)/b7-6+/t20-/m0/s1. The monoisotopic (exact) mass is 548 g/mol. The Bertz CT molecular complexity index is 1150. The van der Waals surface area contributed by atoms with Crippen molar-refractivity contribution in [2.45, 2.75) is 25.4 Å². The number of carbonyl (C=O) groups excluding carboxylic acids is 3. The van der Waals surface area contributed by atoms with Crippen molar-refractivity contribution in [2.24, 2.45) is 0 Å². The molecule has 2 rings (SSSR count). The van der Waals surface area contributed by atoms with E-state index < -0.39 is 17.9 Å². The van der Waals surface area contributed by atoms with Crippen LogP contribution in [-0.4, -0.2) is 54.5 Å². The Morgan fingerprint density at radius 1 is 1.14 bits per heavy atom. The molecule has 0 saturated carbocycles. The number of rotatable bonds is 14. The lowest BCUT2D eigenvalue weighted by atomic mass is 10.1. The molecule has 1 aromatic heterocycles. The smallest absolute Gasteiger partial charge is 0.326 e. The second-order valence-electron chi connectivity index (χ2n) is 7.63. The number of carboxylic acid groups (broad SMARTS) is 1. The van der Waals surface area contributed by atoms with Gasteiger partial charge in [0, 0.05) is 32.1 Å². The van der Waals surface area contributed by atoms with Crippen LogP contribution in [0.15, 0.2) is 41.0 Å². The largest absolute Gasteiger partial charge is 0.480 e. The summed E-state index contributed by atoms with van der Waals surface area (Å²) in [7, 11) is 0. The number of aliphatic carboxylic acids is 1. The zero-order valence-corrected chi connectivity index (χ0v) is 21.2. The Morgan fingerprint density at radius 3 is 2.49 bits per heavy atom. The van der Waals surface area contributed by atoms with E-state index in [1.54, 1.807) is 12.1 Å². The molecule has 0 bridgehead atoms. The molecule has 196 valence electrons. The summed E-state index contributed by atoms with van der Waals surface area (Å²) in [4.78, 5) is 48.1. The minimum absolute atomic E-state index is 0.0152. The summed E-state index contributed by atoms with van der Waals surface area (Å²) in [6, 6.07) is 4.98. The van der Waals surface area contributed by atoms with Crippen LogP contribution in [0.2, 0.25) is 10.0 Å². The molecule has 0 spiro atoms. The van der Waals surface area contributed by atoms with Gasteiger partial charge in [-0.1, -0.05) is 23.2 Å². The van der Waals surface area contributed by atoms with Crippen LogP contribution in [0, 0.1) is 12.3 Å². The Kier molecular flexibility index (Phi) is 12.2. The summed E-state index contributed by atoms with van der Waals surface area (Å²) in [5, 5.41) is 19.9. The molecule has 0 saturated heterocycles. The van der Waals surface area contributed by atoms with Gasteiger partial charge in [0.2, 0.25) is 11.8 Å². The first-order chi connectivity index (χ1) is 17.7. The van der Waals surface area contributed by atoms with Gasteiger partial charge in [-0.3, -0.25) is 14.4 Å². The third kappa shape index (κ3) is 10.4. The van der Waals surface area contributed by atoms with E-state index in [0.29, 0.717) is 24.3 Å². The van der Waals surface area contributed by atoms with Crippen molar-refractivity contribution >= 4 is 53.0 Å². The molecule has 1 aromatic carbocycles. The fourth-order valence-corrected chi connectivity index (χ4v) is 3.71. The zero-order chi connectivity index (χ0) is 27.2. The Morgan fingerprint density at radius 2 is 1.86 bits per heavy atom. The highest BCUT2D eigenvalue weighted by Gasteiger charge is 2.24. The number of terminal acetylenes is 1. The molecule has 0 aliphatic carbocycles. The number of furan rings is 1. The van der Waals surface area contributed by atoms with Crippen LogP contribution >= 0.6 is 23.2 Å². The van der Waals surface area contributed by atoms with E-state index in [-0.39, 0.29) is 53.5 Å². The third-order valence-electron chi connectivity index (χ3n) is 4.83. The number of amides is 3. The third-order valence-corrected chi connectivity index (χ3v) is 5.42. The molecular formula is C25H26Cl2N4O6. The van der Waals surface area contributed by atoms with E-state index in [9.17, 15) is 24.3 Å². The fraction of sp³-hybridized carbons (Fsp3) is 0.280. The number of hydrogen-bond acceptors (Lipinski definition) is 6. The summed E-state index contributed by atoms with van der Waals surface area (Å²) in [6.45, 7) is 0.608. The van der Waals surface area contributed by atoms with E-state index in [2.05, 4.69) is 27.2 Å². The highest BCUT2D eigenvalue weighted by Crippen LogP contribution is 2.27. The molecule has 1 atom stereocenters. The summed E-state index contributed by atoms with van der Waals surface area (Å²) >= 11 is 12.5. The zero-order valence-electron chi connectivity index (χ0n) is 19.7. The molecule has 10 nitrogen and oxygen atoms in total. The van der Waals surface area contributed by atoms with Gasteiger partial charge in [-0.05, 0) is 42.3 Å². The van der Waals surface area contributed by atoms with Crippen molar-refractivity contribution in [3.63, 3.8) is 0 Å². The first-order valence-electron chi connectivity index (χ1n) is 11.1. The lowest BCUT2D eigenvalue weighted by Crippen LogP contribution is -2.44. The minimum atomic E-state index is -1.30. The van der Waals surface area contributed by atoms with Gasteiger partial charge in [0.15, 0.2) is 0 Å². The molecule has 37 heavy (non-hydrogen) atoms. The number of benzene rings is 1. The van der Waals surface area contributed by atoms with Crippen LogP contribution in [0.3, 0.4) is 0 Å². The lowest BCUT2D eigenvalue weighted by Gasteiger charge is -2.17. The van der Waals surface area contributed by atoms with Crippen molar-refractivity contribution in [3.8, 4) is 12.3 Å². The van der Waals surface area contributed by atoms with Crippen LogP contribution in [-0.2, 0) is 20.9 Å². The predicted octanol–water partition coefficient (Wildman–Crippen LogP) is 2.22. The van der Waals surface area contributed by atoms with Gasteiger partial charge in [0.25, 0.3) is 5.91 Å². The van der Waals surface area contributed by atoms with E-state index in [1.807, 2.05) is 0 Å². The van der Waals surface area contributed by atoms with Gasteiger partial charge in [0.1, 0.15) is 11.8 Å². The predicted molar refractivity (Wildman–Crippen MR) is 139 cm³/mol. The van der Waals surface area contributed by atoms with Crippen LogP contribution in [0.25, 0.3) is 6.08 Å².